The largest absolute Gasteiger partial charge is 0.491 e. The SMILES string of the molecule is CCOC(=O)C1=C(COCCOc2ccc(OCC(O)C(N)C(C)C)cc2)NC(C)=C(C(=O)OC)C1c1cccc([N+](=O)[O-])c1. The van der Waals surface area contributed by atoms with Gasteiger partial charge in [-0.3, -0.25) is 10.1 Å². The van der Waals surface area contributed by atoms with Crippen molar-refractivity contribution in [1.29, 1.82) is 0 Å². The van der Waals surface area contributed by atoms with Gasteiger partial charge in [0.2, 0.25) is 0 Å². The van der Waals surface area contributed by atoms with Crippen molar-refractivity contribution in [1.82, 2.24) is 5.32 Å². The summed E-state index contributed by atoms with van der Waals surface area (Å²) in [5, 5.41) is 24.7. The molecule has 0 saturated carbocycles. The molecule has 0 spiro atoms. The number of esters is 2. The summed E-state index contributed by atoms with van der Waals surface area (Å²) < 4.78 is 27.5. The highest BCUT2D eigenvalue weighted by Gasteiger charge is 2.39. The van der Waals surface area contributed by atoms with Crippen LogP contribution in [0.1, 0.15) is 39.2 Å². The Morgan fingerprint density at radius 1 is 1.04 bits per heavy atom. The second kappa shape index (κ2) is 16.6. The number of benzene rings is 2. The minimum atomic E-state index is -1.00. The lowest BCUT2D eigenvalue weighted by Crippen LogP contribution is -2.42. The first kappa shape index (κ1) is 35.0. The fourth-order valence-electron chi connectivity index (χ4n) is 4.75. The van der Waals surface area contributed by atoms with Crippen LogP contribution >= 0.6 is 0 Å². The zero-order chi connectivity index (χ0) is 33.1. The summed E-state index contributed by atoms with van der Waals surface area (Å²) in [6, 6.07) is 12.2. The Kier molecular flexibility index (Phi) is 12.9. The number of ether oxygens (including phenoxy) is 5. The van der Waals surface area contributed by atoms with Gasteiger partial charge in [-0.05, 0) is 49.6 Å². The Morgan fingerprint density at radius 3 is 2.31 bits per heavy atom. The van der Waals surface area contributed by atoms with Gasteiger partial charge in [0.1, 0.15) is 30.8 Å². The maximum atomic E-state index is 13.3. The molecule has 2 aromatic carbocycles. The standard InChI is InChI=1S/C32H41N3O10/c1-6-43-32(38)29-25(34-20(4)27(31(37)41-5)28(29)21-8-7-9-22(16-21)35(39)40)17-42-14-15-44-23-10-12-24(13-11-23)45-18-26(36)30(33)19(2)3/h7-13,16,19,26,28,30,34,36H,6,14-15,17-18,33H2,1-5H3. The predicted octanol–water partition coefficient (Wildman–Crippen LogP) is 3.36. The average Bonchev–Trinajstić information content (AvgIpc) is 3.02. The molecule has 1 aliphatic heterocycles. The van der Waals surface area contributed by atoms with Crippen LogP contribution in [0.15, 0.2) is 71.1 Å². The van der Waals surface area contributed by atoms with Gasteiger partial charge in [0, 0.05) is 23.9 Å². The van der Waals surface area contributed by atoms with Gasteiger partial charge in [-0.25, -0.2) is 9.59 Å². The molecule has 3 rings (SSSR count). The molecule has 0 aliphatic carbocycles. The normalized spacial score (nSPS) is 16.1. The Labute approximate surface area is 262 Å². The molecule has 3 unspecified atom stereocenters. The van der Waals surface area contributed by atoms with Crippen molar-refractivity contribution in [3.63, 3.8) is 0 Å². The van der Waals surface area contributed by atoms with Gasteiger partial charge in [0.15, 0.2) is 0 Å². The van der Waals surface area contributed by atoms with Gasteiger partial charge >= 0.3 is 11.9 Å². The first-order chi connectivity index (χ1) is 21.5. The molecule has 45 heavy (non-hydrogen) atoms. The molecule has 0 bridgehead atoms. The van der Waals surface area contributed by atoms with Crippen molar-refractivity contribution in [2.45, 2.75) is 45.8 Å². The molecular weight excluding hydrogens is 586 g/mol. The number of hydrogen-bond donors (Lipinski definition) is 3. The lowest BCUT2D eigenvalue weighted by Gasteiger charge is -2.31. The lowest BCUT2D eigenvalue weighted by atomic mass is 9.80. The van der Waals surface area contributed by atoms with E-state index in [4.69, 9.17) is 29.4 Å². The van der Waals surface area contributed by atoms with E-state index in [2.05, 4.69) is 5.32 Å². The van der Waals surface area contributed by atoms with Crippen LogP contribution in [0.4, 0.5) is 5.69 Å². The summed E-state index contributed by atoms with van der Waals surface area (Å²) in [5.74, 6) is -1.15. The smallest absolute Gasteiger partial charge is 0.336 e. The van der Waals surface area contributed by atoms with Gasteiger partial charge < -0.3 is 39.8 Å². The van der Waals surface area contributed by atoms with Gasteiger partial charge in [-0.2, -0.15) is 0 Å². The Hall–Kier alpha value is -4.46. The number of dihydropyridines is 1. The molecule has 3 atom stereocenters. The van der Waals surface area contributed by atoms with Gasteiger partial charge in [0.25, 0.3) is 5.69 Å². The van der Waals surface area contributed by atoms with Crippen molar-refractivity contribution >= 4 is 17.6 Å². The number of nitro groups is 1. The Morgan fingerprint density at radius 2 is 1.71 bits per heavy atom. The van der Waals surface area contributed by atoms with Gasteiger partial charge in [-0.1, -0.05) is 26.0 Å². The molecule has 13 heteroatoms. The van der Waals surface area contributed by atoms with E-state index in [0.717, 1.165) is 0 Å². The van der Waals surface area contributed by atoms with Crippen LogP contribution in [0.25, 0.3) is 0 Å². The minimum Gasteiger partial charge on any atom is -0.491 e. The second-order valence-corrected chi connectivity index (χ2v) is 10.6. The van der Waals surface area contributed by atoms with Crippen LogP contribution in [0, 0.1) is 16.0 Å². The summed E-state index contributed by atoms with van der Waals surface area (Å²) in [6.45, 7) is 7.56. The zero-order valence-corrected chi connectivity index (χ0v) is 26.1. The number of nitro benzene ring substituents is 1. The van der Waals surface area contributed by atoms with E-state index in [1.165, 1.54) is 25.3 Å². The van der Waals surface area contributed by atoms with E-state index in [9.17, 15) is 24.8 Å². The number of allylic oxidation sites excluding steroid dienone is 1. The van der Waals surface area contributed by atoms with Gasteiger partial charge in [-0.15, -0.1) is 0 Å². The third kappa shape index (κ3) is 9.27. The minimum absolute atomic E-state index is 0.0671. The van der Waals surface area contributed by atoms with E-state index in [1.54, 1.807) is 44.2 Å². The summed E-state index contributed by atoms with van der Waals surface area (Å²) >= 11 is 0. The van der Waals surface area contributed by atoms with Crippen LogP contribution in [0.2, 0.25) is 0 Å². The fraction of sp³-hybridized carbons (Fsp3) is 0.438. The van der Waals surface area contributed by atoms with E-state index >= 15 is 0 Å². The summed E-state index contributed by atoms with van der Waals surface area (Å²) in [6.07, 6.45) is -0.788. The van der Waals surface area contributed by atoms with Crippen LogP contribution < -0.4 is 20.5 Å². The molecule has 0 radical (unpaired) electrons. The number of methoxy groups -OCH3 is 1. The first-order valence-electron chi connectivity index (χ1n) is 14.6. The molecule has 13 nitrogen and oxygen atoms in total. The third-order valence-corrected chi connectivity index (χ3v) is 7.16. The van der Waals surface area contributed by atoms with Crippen molar-refractivity contribution in [2.24, 2.45) is 11.7 Å². The summed E-state index contributed by atoms with van der Waals surface area (Å²) in [5.41, 5.74) is 7.06. The number of carbonyl (C=O) groups is 2. The maximum absolute atomic E-state index is 13.3. The number of carbonyl (C=O) groups excluding carboxylic acids is 2. The Bertz CT molecular complexity index is 1400. The first-order valence-corrected chi connectivity index (χ1v) is 14.6. The van der Waals surface area contributed by atoms with Crippen molar-refractivity contribution in [2.75, 3.05) is 40.1 Å². The van der Waals surface area contributed by atoms with Gasteiger partial charge in [0.05, 0.1) is 54.6 Å². The molecule has 0 amide bonds. The maximum Gasteiger partial charge on any atom is 0.336 e. The average molecular weight is 628 g/mol. The van der Waals surface area contributed by atoms with E-state index in [0.29, 0.717) is 28.5 Å². The van der Waals surface area contributed by atoms with Crippen LogP contribution in [0.5, 0.6) is 11.5 Å². The number of rotatable bonds is 16. The Balaban J connectivity index is 1.71. The molecule has 244 valence electrons. The summed E-state index contributed by atoms with van der Waals surface area (Å²) in [4.78, 5) is 37.1. The number of nitrogens with zero attached hydrogens (tertiary/aromatic N) is 1. The summed E-state index contributed by atoms with van der Waals surface area (Å²) in [7, 11) is 1.22. The predicted molar refractivity (Wildman–Crippen MR) is 164 cm³/mol. The number of nitrogens with one attached hydrogen (secondary N) is 1. The number of aliphatic hydroxyl groups excluding tert-OH is 1. The van der Waals surface area contributed by atoms with Crippen LogP contribution in [0.3, 0.4) is 0 Å². The number of nitrogens with two attached hydrogens (primary N) is 1. The lowest BCUT2D eigenvalue weighted by molar-refractivity contribution is -0.384. The van der Waals surface area contributed by atoms with Crippen molar-refractivity contribution < 1.29 is 43.3 Å². The van der Waals surface area contributed by atoms with E-state index < -0.39 is 28.9 Å². The highest BCUT2D eigenvalue weighted by molar-refractivity contribution is 6.00. The highest BCUT2D eigenvalue weighted by Crippen LogP contribution is 2.40. The second-order valence-electron chi connectivity index (χ2n) is 10.6. The number of aliphatic hydroxyl groups is 1. The number of non-ortho nitro benzene ring substituents is 1. The molecule has 1 heterocycles. The molecule has 0 saturated heterocycles. The topological polar surface area (TPSA) is 182 Å². The number of hydrogen-bond acceptors (Lipinski definition) is 12. The monoisotopic (exact) mass is 627 g/mol. The zero-order valence-electron chi connectivity index (χ0n) is 26.1. The molecule has 0 aromatic heterocycles. The van der Waals surface area contributed by atoms with Crippen molar-refractivity contribution in [3.05, 3.63) is 86.7 Å². The molecule has 4 N–H and O–H groups in total. The van der Waals surface area contributed by atoms with Crippen LogP contribution in [-0.2, 0) is 23.8 Å². The highest BCUT2D eigenvalue weighted by atomic mass is 16.6. The fourth-order valence-corrected chi connectivity index (χ4v) is 4.75. The van der Waals surface area contributed by atoms with E-state index in [-0.39, 0.29) is 61.8 Å². The van der Waals surface area contributed by atoms with Crippen molar-refractivity contribution in [3.8, 4) is 11.5 Å². The molecule has 0 fully saturated rings. The molecular formula is C32H41N3O10. The molecule has 2 aromatic rings. The van der Waals surface area contributed by atoms with E-state index in [1.807, 2.05) is 13.8 Å². The van der Waals surface area contributed by atoms with Crippen LogP contribution in [-0.4, -0.2) is 74.3 Å². The third-order valence-electron chi connectivity index (χ3n) is 7.16. The molecule has 1 aliphatic rings. The quantitative estimate of drug-likeness (QED) is 0.107.